The van der Waals surface area contributed by atoms with Gasteiger partial charge in [-0.15, -0.1) is 0 Å². The average molecular weight is 286 g/mol. The Morgan fingerprint density at radius 2 is 2.22 bits per heavy atom. The molecule has 2 rings (SSSR count). The zero-order chi connectivity index (χ0) is 13.1. The maximum Gasteiger partial charge on any atom is 0.137 e. The maximum atomic E-state index is 6.24. The van der Waals surface area contributed by atoms with Crippen molar-refractivity contribution in [1.29, 1.82) is 0 Å². The Labute approximate surface area is 118 Å². The van der Waals surface area contributed by atoms with E-state index in [0.717, 1.165) is 48.1 Å². The van der Waals surface area contributed by atoms with E-state index in [2.05, 4.69) is 23.7 Å². The molecule has 1 atom stereocenters. The van der Waals surface area contributed by atoms with Gasteiger partial charge in [0.25, 0.3) is 0 Å². The second kappa shape index (κ2) is 6.11. The Hall–Kier alpha value is -0.480. The van der Waals surface area contributed by atoms with Gasteiger partial charge in [0.15, 0.2) is 0 Å². The van der Waals surface area contributed by atoms with Gasteiger partial charge in [0.1, 0.15) is 16.8 Å². The molecule has 1 aliphatic heterocycles. The predicted octanol–water partition coefficient (Wildman–Crippen LogP) is 3.33. The molecule has 5 heteroatoms. The lowest BCUT2D eigenvalue weighted by molar-refractivity contribution is 0.679. The first kappa shape index (κ1) is 13.9. The number of halogens is 1. The van der Waals surface area contributed by atoms with Crippen LogP contribution in [0.5, 0.6) is 0 Å². The van der Waals surface area contributed by atoms with Crippen LogP contribution in [0.1, 0.15) is 31.7 Å². The fraction of sp³-hybridized carbons (Fsp3) is 0.692. The minimum absolute atomic E-state index is 0.517. The average Bonchev–Trinajstić information content (AvgIpc) is 2.35. The van der Waals surface area contributed by atoms with Crippen molar-refractivity contribution in [3.05, 3.63) is 16.5 Å². The Kier molecular flexibility index (Phi) is 4.73. The summed E-state index contributed by atoms with van der Waals surface area (Å²) >= 11 is 8.25. The zero-order valence-corrected chi connectivity index (χ0v) is 12.8. The third-order valence-corrected chi connectivity index (χ3v) is 4.78. The molecule has 1 saturated heterocycles. The lowest BCUT2D eigenvalue weighted by Crippen LogP contribution is -2.41. The second-order valence-corrected chi connectivity index (χ2v) is 6.25. The number of anilines is 1. The van der Waals surface area contributed by atoms with E-state index in [-0.39, 0.29) is 0 Å². The summed E-state index contributed by atoms with van der Waals surface area (Å²) in [6.45, 7) is 7.45. The van der Waals surface area contributed by atoms with Crippen LogP contribution in [0.25, 0.3) is 0 Å². The number of aryl methyl sites for hydroxylation is 1. The minimum atomic E-state index is 0.517. The largest absolute Gasteiger partial charge is 0.352 e. The molecule has 0 radical (unpaired) electrons. The summed E-state index contributed by atoms with van der Waals surface area (Å²) < 4.78 is 0. The molecule has 1 aromatic rings. The highest BCUT2D eigenvalue weighted by atomic mass is 35.5. The van der Waals surface area contributed by atoms with E-state index in [0.29, 0.717) is 11.2 Å². The van der Waals surface area contributed by atoms with Crippen molar-refractivity contribution in [3.63, 3.8) is 0 Å². The Balaban J connectivity index is 2.35. The summed E-state index contributed by atoms with van der Waals surface area (Å²) in [6.07, 6.45) is 1.94. The molecule has 0 aliphatic carbocycles. The van der Waals surface area contributed by atoms with Gasteiger partial charge in [0, 0.05) is 36.1 Å². The number of hydrogen-bond acceptors (Lipinski definition) is 4. The third kappa shape index (κ3) is 2.91. The molecule has 1 aliphatic rings. The molecule has 0 amide bonds. The molecule has 1 unspecified atom stereocenters. The summed E-state index contributed by atoms with van der Waals surface area (Å²) in [4.78, 5) is 11.5. The zero-order valence-electron chi connectivity index (χ0n) is 11.2. The summed E-state index contributed by atoms with van der Waals surface area (Å²) in [5.41, 5.74) is 1.01. The number of nitrogens with zero attached hydrogens (tertiary/aromatic N) is 3. The molecule has 1 aromatic heterocycles. The smallest absolute Gasteiger partial charge is 0.137 e. The van der Waals surface area contributed by atoms with Crippen LogP contribution in [-0.4, -0.2) is 34.1 Å². The molecule has 0 aromatic carbocycles. The minimum Gasteiger partial charge on any atom is -0.352 e. The van der Waals surface area contributed by atoms with Gasteiger partial charge in [-0.3, -0.25) is 0 Å². The first-order valence-corrected chi connectivity index (χ1v) is 8.04. The molecule has 1 fully saturated rings. The number of hydrogen-bond donors (Lipinski definition) is 0. The maximum absolute atomic E-state index is 6.24. The number of thioether (sulfide) groups is 1. The Bertz CT molecular complexity index is 425. The molecule has 3 nitrogen and oxygen atoms in total. The standard InChI is InChI=1S/C13H20ClN3S/c1-4-5-11-15-12(14)10(3)13(16-11)17-6-7-18-8-9(17)2/h9H,4-8H2,1-3H3. The topological polar surface area (TPSA) is 29.0 Å². The van der Waals surface area contributed by atoms with Gasteiger partial charge in [0.05, 0.1) is 0 Å². The Morgan fingerprint density at radius 1 is 1.44 bits per heavy atom. The summed E-state index contributed by atoms with van der Waals surface area (Å²) in [7, 11) is 0. The van der Waals surface area contributed by atoms with Gasteiger partial charge in [-0.1, -0.05) is 18.5 Å². The van der Waals surface area contributed by atoms with Crippen molar-refractivity contribution < 1.29 is 0 Å². The summed E-state index contributed by atoms with van der Waals surface area (Å²) in [5.74, 6) is 4.22. The van der Waals surface area contributed by atoms with Crippen molar-refractivity contribution in [2.75, 3.05) is 23.0 Å². The summed E-state index contributed by atoms with van der Waals surface area (Å²) in [5, 5.41) is 0.605. The van der Waals surface area contributed by atoms with Gasteiger partial charge < -0.3 is 4.90 Å². The number of rotatable bonds is 3. The van der Waals surface area contributed by atoms with Crippen LogP contribution in [-0.2, 0) is 6.42 Å². The highest BCUT2D eigenvalue weighted by Crippen LogP contribution is 2.28. The van der Waals surface area contributed by atoms with E-state index < -0.39 is 0 Å². The van der Waals surface area contributed by atoms with Crippen LogP contribution in [0, 0.1) is 6.92 Å². The highest BCUT2D eigenvalue weighted by Gasteiger charge is 2.23. The van der Waals surface area contributed by atoms with Crippen LogP contribution >= 0.6 is 23.4 Å². The van der Waals surface area contributed by atoms with Crippen LogP contribution in [0.3, 0.4) is 0 Å². The van der Waals surface area contributed by atoms with E-state index >= 15 is 0 Å². The molecular formula is C13H20ClN3S. The third-order valence-electron chi connectivity index (χ3n) is 3.22. The van der Waals surface area contributed by atoms with Crippen LogP contribution in [0.2, 0.25) is 5.15 Å². The van der Waals surface area contributed by atoms with Gasteiger partial charge in [0.2, 0.25) is 0 Å². The molecule has 0 spiro atoms. The molecule has 100 valence electrons. The van der Waals surface area contributed by atoms with Crippen molar-refractivity contribution in [2.45, 2.75) is 39.7 Å². The van der Waals surface area contributed by atoms with Crippen molar-refractivity contribution in [2.24, 2.45) is 0 Å². The molecule has 0 bridgehead atoms. The van der Waals surface area contributed by atoms with Gasteiger partial charge in [-0.25, -0.2) is 9.97 Å². The van der Waals surface area contributed by atoms with Gasteiger partial charge >= 0.3 is 0 Å². The van der Waals surface area contributed by atoms with E-state index in [1.165, 1.54) is 0 Å². The highest BCUT2D eigenvalue weighted by molar-refractivity contribution is 7.99. The van der Waals surface area contributed by atoms with Crippen LogP contribution in [0.4, 0.5) is 5.82 Å². The van der Waals surface area contributed by atoms with Crippen LogP contribution < -0.4 is 4.90 Å². The van der Waals surface area contributed by atoms with E-state index in [4.69, 9.17) is 16.6 Å². The first-order valence-electron chi connectivity index (χ1n) is 6.51. The van der Waals surface area contributed by atoms with Crippen LogP contribution in [0.15, 0.2) is 0 Å². The van der Waals surface area contributed by atoms with E-state index in [1.54, 1.807) is 0 Å². The normalized spacial score (nSPS) is 20.2. The van der Waals surface area contributed by atoms with Crippen molar-refractivity contribution >= 4 is 29.2 Å². The number of aromatic nitrogens is 2. The molecule has 2 heterocycles. The van der Waals surface area contributed by atoms with E-state index in [1.807, 2.05) is 18.7 Å². The Morgan fingerprint density at radius 3 is 2.89 bits per heavy atom. The first-order chi connectivity index (χ1) is 8.63. The SMILES string of the molecule is CCCc1nc(Cl)c(C)c(N2CCSCC2C)n1. The summed E-state index contributed by atoms with van der Waals surface area (Å²) in [6, 6.07) is 0.517. The van der Waals surface area contributed by atoms with Gasteiger partial charge in [-0.2, -0.15) is 11.8 Å². The molecular weight excluding hydrogens is 266 g/mol. The molecule has 0 saturated carbocycles. The fourth-order valence-electron chi connectivity index (χ4n) is 2.18. The molecule has 18 heavy (non-hydrogen) atoms. The lowest BCUT2D eigenvalue weighted by atomic mass is 10.2. The molecule has 0 N–H and O–H groups in total. The van der Waals surface area contributed by atoms with E-state index in [9.17, 15) is 0 Å². The lowest BCUT2D eigenvalue weighted by Gasteiger charge is -2.35. The second-order valence-electron chi connectivity index (χ2n) is 4.75. The predicted molar refractivity (Wildman–Crippen MR) is 79.9 cm³/mol. The van der Waals surface area contributed by atoms with Gasteiger partial charge in [-0.05, 0) is 20.3 Å². The van der Waals surface area contributed by atoms with Crippen molar-refractivity contribution in [1.82, 2.24) is 9.97 Å². The quantitative estimate of drug-likeness (QED) is 0.797. The van der Waals surface area contributed by atoms with Crippen molar-refractivity contribution in [3.8, 4) is 0 Å². The fourth-order valence-corrected chi connectivity index (χ4v) is 3.37. The monoisotopic (exact) mass is 285 g/mol.